The minimum Gasteiger partial charge on any atom is -0.335 e. The second-order valence-electron chi connectivity index (χ2n) is 7.17. The maximum absolute atomic E-state index is 13.0. The molecule has 0 bridgehead atoms. The van der Waals surface area contributed by atoms with Crippen molar-refractivity contribution in [2.24, 2.45) is 0 Å². The lowest BCUT2D eigenvalue weighted by Crippen LogP contribution is -2.52. The first-order valence-corrected chi connectivity index (χ1v) is 9.79. The largest absolute Gasteiger partial charge is 0.335 e. The maximum Gasteiger partial charge on any atom is 0.295 e. The number of nitrogens with zero attached hydrogens (tertiary/aromatic N) is 3. The minimum atomic E-state index is -0.551. The summed E-state index contributed by atoms with van der Waals surface area (Å²) >= 11 is 0. The van der Waals surface area contributed by atoms with Crippen LogP contribution >= 0.6 is 0 Å². The van der Waals surface area contributed by atoms with Gasteiger partial charge in [-0.1, -0.05) is 42.3 Å². The van der Waals surface area contributed by atoms with Crippen LogP contribution in [0.4, 0.5) is 0 Å². The Morgan fingerprint density at radius 3 is 2.20 bits per heavy atom. The van der Waals surface area contributed by atoms with Crippen LogP contribution in [0.15, 0.2) is 60.8 Å². The molecule has 2 heterocycles. The van der Waals surface area contributed by atoms with E-state index >= 15 is 0 Å². The molecule has 0 unspecified atom stereocenters. The molecule has 1 saturated heterocycles. The van der Waals surface area contributed by atoms with Gasteiger partial charge in [0.1, 0.15) is 0 Å². The number of hydrogen-bond donors (Lipinski definition) is 0. The number of para-hydroxylation sites is 1. The van der Waals surface area contributed by atoms with Crippen molar-refractivity contribution in [1.82, 2.24) is 14.4 Å². The zero-order valence-corrected chi connectivity index (χ0v) is 16.5. The third-order valence-corrected chi connectivity index (χ3v) is 5.36. The molecule has 0 radical (unpaired) electrons. The molecular formula is C24H21N3O3. The fourth-order valence-electron chi connectivity index (χ4n) is 3.79. The highest BCUT2D eigenvalue weighted by atomic mass is 16.2. The van der Waals surface area contributed by atoms with Crippen molar-refractivity contribution in [1.29, 1.82) is 0 Å². The predicted octanol–water partition coefficient (Wildman–Crippen LogP) is 2.44. The Morgan fingerprint density at radius 1 is 0.867 bits per heavy atom. The molecule has 30 heavy (non-hydrogen) atoms. The van der Waals surface area contributed by atoms with E-state index in [1.54, 1.807) is 27.8 Å². The molecule has 4 rings (SSSR count). The van der Waals surface area contributed by atoms with Gasteiger partial charge in [0.15, 0.2) is 0 Å². The Bertz CT molecular complexity index is 1150. The molecule has 1 aromatic heterocycles. The number of carbonyl (C=O) groups is 3. The molecular weight excluding hydrogens is 378 g/mol. The van der Waals surface area contributed by atoms with Gasteiger partial charge in [0.25, 0.3) is 17.6 Å². The number of amides is 2. The van der Waals surface area contributed by atoms with E-state index in [1.165, 1.54) is 4.90 Å². The molecule has 0 saturated carbocycles. The van der Waals surface area contributed by atoms with Crippen LogP contribution in [0.5, 0.6) is 0 Å². The van der Waals surface area contributed by atoms with Crippen molar-refractivity contribution in [2.45, 2.75) is 6.54 Å². The lowest BCUT2D eigenvalue weighted by atomic mass is 10.1. The van der Waals surface area contributed by atoms with Crippen LogP contribution in [0.25, 0.3) is 10.9 Å². The van der Waals surface area contributed by atoms with Crippen molar-refractivity contribution in [3.8, 4) is 12.3 Å². The molecule has 150 valence electrons. The fourth-order valence-corrected chi connectivity index (χ4v) is 3.79. The summed E-state index contributed by atoms with van der Waals surface area (Å²) in [6.45, 7) is 1.76. The summed E-state index contributed by atoms with van der Waals surface area (Å²) in [6, 6.07) is 16.4. The summed E-state index contributed by atoms with van der Waals surface area (Å²) in [7, 11) is 0. The summed E-state index contributed by atoms with van der Waals surface area (Å²) in [5, 5.41) is 0.712. The van der Waals surface area contributed by atoms with Gasteiger partial charge in [0.2, 0.25) is 0 Å². The van der Waals surface area contributed by atoms with Gasteiger partial charge < -0.3 is 14.4 Å². The van der Waals surface area contributed by atoms with Crippen LogP contribution < -0.4 is 0 Å². The van der Waals surface area contributed by atoms with E-state index in [4.69, 9.17) is 6.42 Å². The Morgan fingerprint density at radius 2 is 1.50 bits per heavy atom. The fraction of sp³-hybridized carbons (Fsp3) is 0.208. The highest BCUT2D eigenvalue weighted by Gasteiger charge is 2.30. The molecule has 2 aromatic carbocycles. The van der Waals surface area contributed by atoms with E-state index in [2.05, 4.69) is 5.92 Å². The molecule has 6 heteroatoms. The van der Waals surface area contributed by atoms with Gasteiger partial charge in [-0.25, -0.2) is 0 Å². The molecule has 0 aliphatic carbocycles. The van der Waals surface area contributed by atoms with Gasteiger partial charge in [-0.2, -0.15) is 0 Å². The van der Waals surface area contributed by atoms with Crippen LogP contribution in [-0.4, -0.2) is 58.1 Å². The van der Waals surface area contributed by atoms with Gasteiger partial charge in [-0.3, -0.25) is 14.4 Å². The van der Waals surface area contributed by atoms with E-state index in [0.717, 1.165) is 5.52 Å². The van der Waals surface area contributed by atoms with Crippen LogP contribution in [-0.2, 0) is 11.3 Å². The zero-order chi connectivity index (χ0) is 21.1. The second-order valence-corrected chi connectivity index (χ2v) is 7.17. The number of Topliss-reactive ketones (excluding diaryl/α,β-unsaturated/α-hetero) is 1. The van der Waals surface area contributed by atoms with Crippen molar-refractivity contribution < 1.29 is 14.4 Å². The van der Waals surface area contributed by atoms with Crippen LogP contribution in [0.2, 0.25) is 0 Å². The standard InChI is InChI=1S/C24H21N3O3/c1-2-12-27-17-20(19-10-6-7-11-21(19)27)22(28)24(30)26-15-13-25(14-16-26)23(29)18-8-4-3-5-9-18/h1,3-11,17H,12-16H2. The molecule has 2 amide bonds. The van der Waals surface area contributed by atoms with Crippen molar-refractivity contribution in [2.75, 3.05) is 26.2 Å². The molecule has 0 atom stereocenters. The predicted molar refractivity (Wildman–Crippen MR) is 114 cm³/mol. The Hall–Kier alpha value is -3.85. The van der Waals surface area contributed by atoms with Crippen molar-refractivity contribution >= 4 is 28.5 Å². The van der Waals surface area contributed by atoms with Crippen LogP contribution in [0, 0.1) is 12.3 Å². The number of piperazine rings is 1. The first-order chi connectivity index (χ1) is 14.6. The van der Waals surface area contributed by atoms with Gasteiger partial charge >= 0.3 is 0 Å². The van der Waals surface area contributed by atoms with E-state index in [1.807, 2.05) is 42.5 Å². The highest BCUT2D eigenvalue weighted by Crippen LogP contribution is 2.22. The first kappa shape index (κ1) is 19.5. The summed E-state index contributed by atoms with van der Waals surface area (Å²) < 4.78 is 1.80. The third kappa shape index (κ3) is 3.58. The molecule has 6 nitrogen and oxygen atoms in total. The monoisotopic (exact) mass is 399 g/mol. The molecule has 1 fully saturated rings. The van der Waals surface area contributed by atoms with Gasteiger partial charge in [-0.05, 0) is 18.2 Å². The van der Waals surface area contributed by atoms with E-state index in [-0.39, 0.29) is 5.91 Å². The van der Waals surface area contributed by atoms with Crippen molar-refractivity contribution in [3.05, 3.63) is 71.9 Å². The molecule has 3 aromatic rings. The minimum absolute atomic E-state index is 0.0635. The number of carbonyl (C=O) groups excluding carboxylic acids is 3. The lowest BCUT2D eigenvalue weighted by Gasteiger charge is -2.34. The molecule has 0 N–H and O–H groups in total. The van der Waals surface area contributed by atoms with E-state index in [9.17, 15) is 14.4 Å². The number of rotatable bonds is 4. The lowest BCUT2D eigenvalue weighted by molar-refractivity contribution is -0.127. The van der Waals surface area contributed by atoms with Gasteiger partial charge in [0, 0.05) is 48.8 Å². The maximum atomic E-state index is 13.0. The topological polar surface area (TPSA) is 62.6 Å². The Balaban J connectivity index is 1.47. The van der Waals surface area contributed by atoms with Crippen LogP contribution in [0.3, 0.4) is 0 Å². The average molecular weight is 399 g/mol. The number of terminal acetylenes is 1. The number of benzene rings is 2. The van der Waals surface area contributed by atoms with E-state index < -0.39 is 11.7 Å². The molecule has 1 aliphatic heterocycles. The quantitative estimate of drug-likeness (QED) is 0.385. The number of ketones is 1. The summed E-state index contributed by atoms with van der Waals surface area (Å²) in [5.74, 6) is 1.40. The highest BCUT2D eigenvalue weighted by molar-refractivity contribution is 6.44. The number of fused-ring (bicyclic) bond motifs is 1. The summed E-state index contributed by atoms with van der Waals surface area (Å²) in [6.07, 6.45) is 7.08. The number of aromatic nitrogens is 1. The average Bonchev–Trinajstić information content (AvgIpc) is 3.17. The van der Waals surface area contributed by atoms with Crippen molar-refractivity contribution in [3.63, 3.8) is 0 Å². The Kier molecular flexibility index (Phi) is 5.36. The summed E-state index contributed by atoms with van der Waals surface area (Å²) in [4.78, 5) is 41.7. The second kappa shape index (κ2) is 8.26. The SMILES string of the molecule is C#CCn1cc(C(=O)C(=O)N2CCN(C(=O)c3ccccc3)CC2)c2ccccc21. The van der Waals surface area contributed by atoms with Crippen LogP contribution in [0.1, 0.15) is 20.7 Å². The first-order valence-electron chi connectivity index (χ1n) is 9.79. The normalized spacial score (nSPS) is 13.8. The Labute approximate surface area is 174 Å². The third-order valence-electron chi connectivity index (χ3n) is 5.36. The zero-order valence-electron chi connectivity index (χ0n) is 16.5. The molecule has 0 spiro atoms. The van der Waals surface area contributed by atoms with Gasteiger partial charge in [-0.15, -0.1) is 6.42 Å². The van der Waals surface area contributed by atoms with Gasteiger partial charge in [0.05, 0.1) is 12.1 Å². The van der Waals surface area contributed by atoms with E-state index in [0.29, 0.717) is 49.2 Å². The smallest absolute Gasteiger partial charge is 0.295 e. The molecule has 1 aliphatic rings. The number of hydrogen-bond acceptors (Lipinski definition) is 3. The summed E-state index contributed by atoms with van der Waals surface area (Å²) in [5.41, 5.74) is 1.80.